The molecule has 4 N–H and O–H groups in total. The largest absolute Gasteiger partial charge is 0.391 e. The van der Waals surface area contributed by atoms with E-state index >= 15 is 0 Å². The van der Waals surface area contributed by atoms with Gasteiger partial charge < -0.3 is 10.8 Å². The topological polar surface area (TPSA) is 92.4 Å². The molecule has 5 heteroatoms. The molecule has 0 aromatic heterocycles. The number of nitrogens with two attached hydrogens (primary N) is 1. The lowest BCUT2D eigenvalue weighted by molar-refractivity contribution is -0.133. The van der Waals surface area contributed by atoms with Crippen LogP contribution in [0.15, 0.2) is 0 Å². The third kappa shape index (κ3) is 6.57. The van der Waals surface area contributed by atoms with E-state index in [0.29, 0.717) is 12.3 Å². The molecule has 0 aromatic carbocycles. The third-order valence-electron chi connectivity index (χ3n) is 4.54. The molecule has 0 bridgehead atoms. The molecule has 5 nitrogen and oxygen atoms in total. The van der Waals surface area contributed by atoms with E-state index in [1.165, 1.54) is 32.1 Å². The molecule has 0 saturated heterocycles. The van der Waals surface area contributed by atoms with Crippen molar-refractivity contribution >= 4 is 11.8 Å². The molecule has 0 radical (unpaired) electrons. The smallest absolute Gasteiger partial charge is 0.229 e. The number of aliphatic hydroxyl groups is 1. The number of rotatable bonds is 7. The summed E-state index contributed by atoms with van der Waals surface area (Å²) in [5.41, 5.74) is 6.00. The summed E-state index contributed by atoms with van der Waals surface area (Å²) >= 11 is 0. The van der Waals surface area contributed by atoms with E-state index in [0.717, 1.165) is 6.42 Å². The van der Waals surface area contributed by atoms with E-state index < -0.39 is 18.1 Å². The molecule has 122 valence electrons. The molecule has 0 heterocycles. The Labute approximate surface area is 127 Å². The molecule has 2 amide bonds. The van der Waals surface area contributed by atoms with Gasteiger partial charge in [0.1, 0.15) is 0 Å². The molecule has 1 rings (SSSR count). The van der Waals surface area contributed by atoms with Crippen molar-refractivity contribution in [3.8, 4) is 0 Å². The summed E-state index contributed by atoms with van der Waals surface area (Å²) in [5, 5.41) is 12.4. The quantitative estimate of drug-likeness (QED) is 0.667. The van der Waals surface area contributed by atoms with Crippen LogP contribution in [0.2, 0.25) is 0 Å². The lowest BCUT2D eigenvalue weighted by Crippen LogP contribution is -2.42. The Balaban J connectivity index is 2.31. The highest BCUT2D eigenvalue weighted by molar-refractivity contribution is 5.96. The number of carbonyl (C=O) groups excluding carboxylic acids is 2. The first-order valence-electron chi connectivity index (χ1n) is 8.21. The van der Waals surface area contributed by atoms with Gasteiger partial charge in [-0.2, -0.15) is 0 Å². The summed E-state index contributed by atoms with van der Waals surface area (Å²) in [4.78, 5) is 23.3. The third-order valence-corrected chi connectivity index (χ3v) is 4.54. The van der Waals surface area contributed by atoms with Gasteiger partial charge in [-0.05, 0) is 18.8 Å². The summed E-state index contributed by atoms with van der Waals surface area (Å²) in [7, 11) is 0. The highest BCUT2D eigenvalue weighted by Gasteiger charge is 2.24. The first-order chi connectivity index (χ1) is 9.93. The van der Waals surface area contributed by atoms with Crippen molar-refractivity contribution in [2.24, 2.45) is 17.6 Å². The fourth-order valence-electron chi connectivity index (χ4n) is 2.80. The summed E-state index contributed by atoms with van der Waals surface area (Å²) in [6.07, 6.45) is 6.55. The molecule has 3 atom stereocenters. The van der Waals surface area contributed by atoms with Crippen molar-refractivity contribution in [3.63, 3.8) is 0 Å². The van der Waals surface area contributed by atoms with Gasteiger partial charge in [-0.15, -0.1) is 0 Å². The molecule has 0 aromatic rings. The summed E-state index contributed by atoms with van der Waals surface area (Å²) in [6.45, 7) is 3.66. The second kappa shape index (κ2) is 9.15. The van der Waals surface area contributed by atoms with E-state index in [2.05, 4.69) is 5.32 Å². The molecule has 0 aliphatic heterocycles. The van der Waals surface area contributed by atoms with Gasteiger partial charge in [-0.1, -0.05) is 46.0 Å². The van der Waals surface area contributed by atoms with Crippen molar-refractivity contribution in [1.29, 1.82) is 0 Å². The van der Waals surface area contributed by atoms with Crippen molar-refractivity contribution in [2.45, 2.75) is 77.4 Å². The minimum absolute atomic E-state index is 0.101. The number of nitrogens with one attached hydrogen (secondary N) is 1. The zero-order chi connectivity index (χ0) is 15.8. The normalized spacial score (nSPS) is 20.6. The first-order valence-corrected chi connectivity index (χ1v) is 8.21. The number of amides is 2. The maximum Gasteiger partial charge on any atom is 0.229 e. The van der Waals surface area contributed by atoms with Gasteiger partial charge in [0.15, 0.2) is 0 Å². The second-order valence-corrected chi connectivity index (χ2v) is 6.40. The number of carbonyl (C=O) groups is 2. The predicted molar refractivity (Wildman–Crippen MR) is 82.4 cm³/mol. The van der Waals surface area contributed by atoms with Crippen LogP contribution in [0, 0.1) is 11.8 Å². The average molecular weight is 298 g/mol. The fourth-order valence-corrected chi connectivity index (χ4v) is 2.80. The maximum absolute atomic E-state index is 11.7. The van der Waals surface area contributed by atoms with Gasteiger partial charge in [0, 0.05) is 12.0 Å². The van der Waals surface area contributed by atoms with Crippen LogP contribution >= 0.6 is 0 Å². The molecular formula is C16H30N2O3. The van der Waals surface area contributed by atoms with Gasteiger partial charge in [0.25, 0.3) is 0 Å². The van der Waals surface area contributed by atoms with Crippen LogP contribution in [0.3, 0.4) is 0 Å². The van der Waals surface area contributed by atoms with E-state index in [-0.39, 0.29) is 18.2 Å². The summed E-state index contributed by atoms with van der Waals surface area (Å²) in [5.74, 6) is -0.349. The lowest BCUT2D eigenvalue weighted by Gasteiger charge is -2.26. The predicted octanol–water partition coefficient (Wildman–Crippen LogP) is 1.72. The van der Waals surface area contributed by atoms with Crippen molar-refractivity contribution in [1.82, 2.24) is 5.32 Å². The Morgan fingerprint density at radius 1 is 1.29 bits per heavy atom. The number of hydrogen-bond acceptors (Lipinski definition) is 4. The van der Waals surface area contributed by atoms with Crippen LogP contribution in [0.4, 0.5) is 0 Å². The van der Waals surface area contributed by atoms with Crippen LogP contribution < -0.4 is 11.1 Å². The molecule has 21 heavy (non-hydrogen) atoms. The lowest BCUT2D eigenvalue weighted by atomic mass is 9.83. The van der Waals surface area contributed by atoms with Crippen LogP contribution in [0.1, 0.15) is 65.2 Å². The molecular weight excluding hydrogens is 268 g/mol. The highest BCUT2D eigenvalue weighted by Crippen LogP contribution is 2.27. The molecule has 1 saturated carbocycles. The Morgan fingerprint density at radius 2 is 1.90 bits per heavy atom. The minimum Gasteiger partial charge on any atom is -0.391 e. The van der Waals surface area contributed by atoms with E-state index in [1.807, 2.05) is 6.92 Å². The Bertz CT molecular complexity index is 340. The Morgan fingerprint density at radius 3 is 2.48 bits per heavy atom. The van der Waals surface area contributed by atoms with Crippen molar-refractivity contribution in [2.75, 3.05) is 0 Å². The van der Waals surface area contributed by atoms with Crippen molar-refractivity contribution in [3.05, 3.63) is 0 Å². The average Bonchev–Trinajstić information content (AvgIpc) is 2.47. The molecule has 0 spiro atoms. The van der Waals surface area contributed by atoms with Crippen LogP contribution in [-0.4, -0.2) is 29.1 Å². The van der Waals surface area contributed by atoms with E-state index in [9.17, 15) is 14.7 Å². The summed E-state index contributed by atoms with van der Waals surface area (Å²) < 4.78 is 0. The Hall–Kier alpha value is -0.940. The van der Waals surface area contributed by atoms with Gasteiger partial charge in [0.2, 0.25) is 11.8 Å². The van der Waals surface area contributed by atoms with E-state index in [4.69, 9.17) is 5.73 Å². The minimum atomic E-state index is -0.878. The van der Waals surface area contributed by atoms with Gasteiger partial charge in [0.05, 0.1) is 12.5 Å². The standard InChI is InChI=1S/C16H30N2O3/c1-3-11(2)16(21)18-15(20)10-14(19)13(17)9-12-7-5-4-6-8-12/h11-14,19H,3-10,17H2,1-2H3,(H,18,20,21)/t11-,13-,14-/m0/s1. The maximum atomic E-state index is 11.7. The SMILES string of the molecule is CC[C@H](C)C(=O)NC(=O)C[C@H](O)[C@@H](N)CC1CCCCC1. The monoisotopic (exact) mass is 298 g/mol. The molecule has 1 aliphatic rings. The van der Waals surface area contributed by atoms with Crippen molar-refractivity contribution < 1.29 is 14.7 Å². The zero-order valence-electron chi connectivity index (χ0n) is 13.3. The number of aliphatic hydroxyl groups excluding tert-OH is 1. The van der Waals surface area contributed by atoms with Crippen LogP contribution in [0.25, 0.3) is 0 Å². The van der Waals surface area contributed by atoms with Gasteiger partial charge in [-0.25, -0.2) is 0 Å². The molecule has 1 fully saturated rings. The van der Waals surface area contributed by atoms with Crippen LogP contribution in [-0.2, 0) is 9.59 Å². The molecule has 0 unspecified atom stereocenters. The Kier molecular flexibility index (Phi) is 7.89. The fraction of sp³-hybridized carbons (Fsp3) is 0.875. The van der Waals surface area contributed by atoms with Gasteiger partial charge in [-0.3, -0.25) is 14.9 Å². The second-order valence-electron chi connectivity index (χ2n) is 6.40. The number of hydrogen-bond donors (Lipinski definition) is 3. The summed E-state index contributed by atoms with van der Waals surface area (Å²) in [6, 6.07) is -0.391. The number of imide groups is 1. The first kappa shape index (κ1) is 18.1. The zero-order valence-corrected chi connectivity index (χ0v) is 13.3. The van der Waals surface area contributed by atoms with Crippen LogP contribution in [0.5, 0.6) is 0 Å². The molecule has 1 aliphatic carbocycles. The van der Waals surface area contributed by atoms with Gasteiger partial charge >= 0.3 is 0 Å². The highest BCUT2D eigenvalue weighted by atomic mass is 16.3. The van der Waals surface area contributed by atoms with E-state index in [1.54, 1.807) is 6.92 Å².